The number of aliphatic hydroxyl groups excluding tert-OH is 1. The monoisotopic (exact) mass is 318 g/mol. The standard InChI is InChI=1S/C11H22O.C3H4N2.BrH/c1-3-5-7-8-10-11(12)9-6-4-2;1-2-5-3-4-1;/h4,11-12H,2-3,5-10H2,1H3;1-3H,(H,4,5);1H. The van der Waals surface area contributed by atoms with Gasteiger partial charge in [0.05, 0.1) is 12.4 Å². The fourth-order valence-corrected chi connectivity index (χ4v) is 1.48. The second-order valence-electron chi connectivity index (χ2n) is 4.13. The largest absolute Gasteiger partial charge is 0.393 e. The molecule has 4 heteroatoms. The van der Waals surface area contributed by atoms with Gasteiger partial charge in [-0.25, -0.2) is 4.98 Å². The molecule has 2 N–H and O–H groups in total. The lowest BCUT2D eigenvalue weighted by Crippen LogP contribution is -2.05. The van der Waals surface area contributed by atoms with E-state index in [0.717, 1.165) is 19.3 Å². The van der Waals surface area contributed by atoms with E-state index in [-0.39, 0.29) is 23.1 Å². The van der Waals surface area contributed by atoms with Gasteiger partial charge in [0.15, 0.2) is 0 Å². The molecule has 1 rings (SSSR count). The lowest BCUT2D eigenvalue weighted by molar-refractivity contribution is 0.152. The zero-order chi connectivity index (χ0) is 12.8. The molecule has 18 heavy (non-hydrogen) atoms. The number of rotatable bonds is 8. The van der Waals surface area contributed by atoms with Crippen molar-refractivity contribution in [3.05, 3.63) is 31.4 Å². The summed E-state index contributed by atoms with van der Waals surface area (Å²) in [7, 11) is 0. The van der Waals surface area contributed by atoms with Gasteiger partial charge in [-0.15, -0.1) is 23.6 Å². The van der Waals surface area contributed by atoms with E-state index in [1.807, 2.05) is 6.08 Å². The Balaban J connectivity index is 0. The molecule has 0 saturated heterocycles. The minimum Gasteiger partial charge on any atom is -0.393 e. The molecule has 0 aliphatic rings. The van der Waals surface area contributed by atoms with Crippen LogP contribution < -0.4 is 0 Å². The predicted octanol–water partition coefficient (Wildman–Crippen LogP) is 4.27. The molecule has 0 amide bonds. The van der Waals surface area contributed by atoms with Crippen molar-refractivity contribution in [1.82, 2.24) is 9.97 Å². The Hall–Kier alpha value is -0.610. The van der Waals surface area contributed by atoms with E-state index in [9.17, 15) is 5.11 Å². The number of halogens is 1. The van der Waals surface area contributed by atoms with Crippen LogP contribution in [0.1, 0.15) is 51.9 Å². The number of aliphatic hydroxyl groups is 1. The average Bonchev–Trinajstić information content (AvgIpc) is 2.91. The smallest absolute Gasteiger partial charge is 0.0919 e. The van der Waals surface area contributed by atoms with Crippen molar-refractivity contribution in [3.8, 4) is 0 Å². The number of imidazole rings is 1. The first-order valence-corrected chi connectivity index (χ1v) is 6.53. The molecule has 0 spiro atoms. The summed E-state index contributed by atoms with van der Waals surface area (Å²) in [5, 5.41) is 9.43. The maximum absolute atomic E-state index is 9.43. The summed E-state index contributed by atoms with van der Waals surface area (Å²) in [6, 6.07) is 0. The normalized spacial score (nSPS) is 10.8. The van der Waals surface area contributed by atoms with E-state index in [1.165, 1.54) is 25.7 Å². The SMILES string of the molecule is Br.C=CCCC(O)CCCCCC.c1c[nH]cn1. The Labute approximate surface area is 121 Å². The van der Waals surface area contributed by atoms with Gasteiger partial charge >= 0.3 is 0 Å². The van der Waals surface area contributed by atoms with Crippen molar-refractivity contribution in [1.29, 1.82) is 0 Å². The van der Waals surface area contributed by atoms with Gasteiger partial charge in [0.25, 0.3) is 0 Å². The van der Waals surface area contributed by atoms with Gasteiger partial charge in [0.2, 0.25) is 0 Å². The number of H-pyrrole nitrogens is 1. The molecular formula is C14H27BrN2O. The number of nitrogens with one attached hydrogen (secondary N) is 1. The van der Waals surface area contributed by atoms with Crippen LogP contribution in [0.25, 0.3) is 0 Å². The molecule has 0 fully saturated rings. The maximum atomic E-state index is 9.43. The number of aromatic amines is 1. The highest BCUT2D eigenvalue weighted by molar-refractivity contribution is 8.93. The summed E-state index contributed by atoms with van der Waals surface area (Å²) >= 11 is 0. The van der Waals surface area contributed by atoms with Crippen LogP contribution in [-0.4, -0.2) is 21.2 Å². The summed E-state index contributed by atoms with van der Waals surface area (Å²) in [6.07, 6.45) is 14.7. The molecule has 1 atom stereocenters. The molecule has 0 bridgehead atoms. The Morgan fingerprint density at radius 2 is 2.11 bits per heavy atom. The highest BCUT2D eigenvalue weighted by Crippen LogP contribution is 2.09. The van der Waals surface area contributed by atoms with Crippen LogP contribution in [-0.2, 0) is 0 Å². The first-order valence-electron chi connectivity index (χ1n) is 6.53. The van der Waals surface area contributed by atoms with Crippen molar-refractivity contribution < 1.29 is 5.11 Å². The Kier molecular flexibility index (Phi) is 18.0. The fraction of sp³-hybridized carbons (Fsp3) is 0.643. The van der Waals surface area contributed by atoms with E-state index in [1.54, 1.807) is 18.7 Å². The molecule has 1 aromatic rings. The molecule has 1 aromatic heterocycles. The number of hydrogen-bond donors (Lipinski definition) is 2. The minimum atomic E-state index is -0.0974. The summed E-state index contributed by atoms with van der Waals surface area (Å²) in [5.41, 5.74) is 0. The molecule has 3 nitrogen and oxygen atoms in total. The van der Waals surface area contributed by atoms with Gasteiger partial charge in [0.1, 0.15) is 0 Å². The topological polar surface area (TPSA) is 48.9 Å². The zero-order valence-electron chi connectivity index (χ0n) is 11.3. The highest BCUT2D eigenvalue weighted by Gasteiger charge is 2.01. The van der Waals surface area contributed by atoms with E-state index in [4.69, 9.17) is 0 Å². The zero-order valence-corrected chi connectivity index (χ0v) is 13.1. The highest BCUT2D eigenvalue weighted by atomic mass is 79.9. The molecule has 1 heterocycles. The first kappa shape index (κ1) is 19.7. The van der Waals surface area contributed by atoms with Gasteiger partial charge in [-0.2, -0.15) is 0 Å². The third kappa shape index (κ3) is 15.4. The number of allylic oxidation sites excluding steroid dienone is 1. The van der Waals surface area contributed by atoms with Gasteiger partial charge in [-0.1, -0.05) is 38.7 Å². The average molecular weight is 319 g/mol. The van der Waals surface area contributed by atoms with Crippen molar-refractivity contribution >= 4 is 17.0 Å². The third-order valence-corrected chi connectivity index (χ3v) is 2.50. The second-order valence-corrected chi connectivity index (χ2v) is 4.13. The van der Waals surface area contributed by atoms with Crippen LogP contribution in [0.5, 0.6) is 0 Å². The number of nitrogens with zero attached hydrogens (tertiary/aromatic N) is 1. The Bertz CT molecular complexity index is 223. The summed E-state index contributed by atoms with van der Waals surface area (Å²) < 4.78 is 0. The van der Waals surface area contributed by atoms with Crippen LogP contribution in [0, 0.1) is 0 Å². The van der Waals surface area contributed by atoms with Crippen molar-refractivity contribution in [3.63, 3.8) is 0 Å². The number of hydrogen-bond acceptors (Lipinski definition) is 2. The molecule has 106 valence electrons. The Morgan fingerprint density at radius 3 is 2.56 bits per heavy atom. The number of aromatic nitrogens is 2. The van der Waals surface area contributed by atoms with E-state index in [0.29, 0.717) is 0 Å². The van der Waals surface area contributed by atoms with Crippen molar-refractivity contribution in [2.45, 2.75) is 58.0 Å². The molecule has 1 unspecified atom stereocenters. The molecule has 0 saturated carbocycles. The first-order chi connectivity index (χ1) is 8.31. The van der Waals surface area contributed by atoms with Crippen LogP contribution in [0.3, 0.4) is 0 Å². The van der Waals surface area contributed by atoms with E-state index < -0.39 is 0 Å². The van der Waals surface area contributed by atoms with Crippen LogP contribution in [0.15, 0.2) is 31.4 Å². The minimum absolute atomic E-state index is 0. The Morgan fingerprint density at radius 1 is 1.33 bits per heavy atom. The quantitative estimate of drug-likeness (QED) is 0.555. The van der Waals surface area contributed by atoms with Crippen LogP contribution in [0.2, 0.25) is 0 Å². The van der Waals surface area contributed by atoms with Crippen LogP contribution >= 0.6 is 17.0 Å². The van der Waals surface area contributed by atoms with Crippen LogP contribution in [0.4, 0.5) is 0 Å². The van der Waals surface area contributed by atoms with Crippen molar-refractivity contribution in [2.75, 3.05) is 0 Å². The number of unbranched alkanes of at least 4 members (excludes halogenated alkanes) is 3. The van der Waals surface area contributed by atoms with Crippen molar-refractivity contribution in [2.24, 2.45) is 0 Å². The molecule has 0 aromatic carbocycles. The molecular weight excluding hydrogens is 292 g/mol. The van der Waals surface area contributed by atoms with Gasteiger partial charge < -0.3 is 10.1 Å². The van der Waals surface area contributed by atoms with Gasteiger partial charge in [-0.3, -0.25) is 0 Å². The van der Waals surface area contributed by atoms with Gasteiger partial charge in [-0.05, 0) is 19.3 Å². The van der Waals surface area contributed by atoms with E-state index >= 15 is 0 Å². The second kappa shape index (κ2) is 16.4. The summed E-state index contributed by atoms with van der Waals surface area (Å²) in [6.45, 7) is 5.83. The summed E-state index contributed by atoms with van der Waals surface area (Å²) in [5.74, 6) is 0. The molecule has 0 radical (unpaired) electrons. The summed E-state index contributed by atoms with van der Waals surface area (Å²) in [4.78, 5) is 6.42. The molecule has 0 aliphatic heterocycles. The lowest BCUT2D eigenvalue weighted by Gasteiger charge is -2.07. The fourth-order valence-electron chi connectivity index (χ4n) is 1.48. The third-order valence-electron chi connectivity index (χ3n) is 2.50. The molecule has 0 aliphatic carbocycles. The van der Waals surface area contributed by atoms with E-state index in [2.05, 4.69) is 23.5 Å². The predicted molar refractivity (Wildman–Crippen MR) is 83.1 cm³/mol. The van der Waals surface area contributed by atoms with Gasteiger partial charge in [0, 0.05) is 12.4 Å². The lowest BCUT2D eigenvalue weighted by atomic mass is 10.1. The maximum Gasteiger partial charge on any atom is 0.0919 e.